The molecule has 0 saturated heterocycles. The number of hydrogen-bond acceptors (Lipinski definition) is 1. The molecule has 0 saturated carbocycles. The molecule has 0 N–H and O–H groups in total. The number of benzene rings is 4. The Hall–Kier alpha value is -2.07. The van der Waals surface area contributed by atoms with E-state index in [2.05, 4.69) is 95.4 Å². The largest absolute Gasteiger partial charge is 0.457 e. The zero-order chi connectivity index (χ0) is 15.4. The van der Waals surface area contributed by atoms with Gasteiger partial charge in [0.15, 0.2) is 0 Å². The third-order valence-electron chi connectivity index (χ3n) is 4.59. The van der Waals surface area contributed by atoms with Gasteiger partial charge in [-0.1, -0.05) is 83.3 Å². The summed E-state index contributed by atoms with van der Waals surface area (Å²) in [7, 11) is 0. The molecule has 1 heterocycles. The topological polar surface area (TPSA) is 9.23 Å². The van der Waals surface area contributed by atoms with Crippen LogP contribution in [-0.4, -0.2) is 0 Å². The molecule has 4 aromatic rings. The summed E-state index contributed by atoms with van der Waals surface area (Å²) in [5, 5.41) is 5.09. The zero-order valence-electron chi connectivity index (χ0n) is 12.3. The Labute approximate surface area is 148 Å². The Morgan fingerprint density at radius 2 is 1.09 bits per heavy atom. The first kappa shape index (κ1) is 13.4. The van der Waals surface area contributed by atoms with E-state index in [1.54, 1.807) is 0 Å². The third-order valence-corrected chi connectivity index (χ3v) is 5.83. The van der Waals surface area contributed by atoms with Crippen LogP contribution in [0, 0.1) is 0 Å². The standard InChI is InChI=1S/C21H13IO/c22-21-19-15-7-3-1-5-13(15)9-11-17(19)23-18-12-10-14-6-2-4-8-16(14)20(18)21/h1-12,21H. The van der Waals surface area contributed by atoms with Crippen molar-refractivity contribution < 1.29 is 4.74 Å². The zero-order valence-corrected chi connectivity index (χ0v) is 14.4. The number of alkyl halides is 1. The Morgan fingerprint density at radius 1 is 0.609 bits per heavy atom. The monoisotopic (exact) mass is 408 g/mol. The molecule has 0 radical (unpaired) electrons. The molecule has 2 heteroatoms. The molecule has 0 aliphatic carbocycles. The first-order chi connectivity index (χ1) is 11.3. The lowest BCUT2D eigenvalue weighted by molar-refractivity contribution is 0.463. The van der Waals surface area contributed by atoms with Crippen LogP contribution in [0.5, 0.6) is 11.5 Å². The van der Waals surface area contributed by atoms with Gasteiger partial charge < -0.3 is 4.74 Å². The summed E-state index contributed by atoms with van der Waals surface area (Å²) in [6, 6.07) is 25.6. The van der Waals surface area contributed by atoms with Crippen molar-refractivity contribution in [3.05, 3.63) is 83.9 Å². The molecule has 110 valence electrons. The molecule has 0 unspecified atom stereocenters. The summed E-state index contributed by atoms with van der Waals surface area (Å²) in [6.45, 7) is 0. The van der Waals surface area contributed by atoms with Crippen molar-refractivity contribution in [2.24, 2.45) is 0 Å². The second-order valence-electron chi connectivity index (χ2n) is 5.86. The van der Waals surface area contributed by atoms with Crippen molar-refractivity contribution in [1.29, 1.82) is 0 Å². The van der Waals surface area contributed by atoms with E-state index >= 15 is 0 Å². The molecule has 0 atom stereocenters. The van der Waals surface area contributed by atoms with E-state index in [1.165, 1.54) is 32.7 Å². The van der Waals surface area contributed by atoms with Crippen LogP contribution in [0.15, 0.2) is 72.8 Å². The third kappa shape index (κ3) is 1.91. The fourth-order valence-corrected chi connectivity index (χ4v) is 4.80. The van der Waals surface area contributed by atoms with E-state index < -0.39 is 0 Å². The van der Waals surface area contributed by atoms with Gasteiger partial charge in [0.2, 0.25) is 0 Å². The maximum atomic E-state index is 6.26. The minimum Gasteiger partial charge on any atom is -0.457 e. The van der Waals surface area contributed by atoms with Crippen molar-refractivity contribution in [1.82, 2.24) is 0 Å². The van der Waals surface area contributed by atoms with E-state index in [9.17, 15) is 0 Å². The van der Waals surface area contributed by atoms with Crippen LogP contribution in [-0.2, 0) is 0 Å². The summed E-state index contributed by atoms with van der Waals surface area (Å²) in [6.07, 6.45) is 0. The Morgan fingerprint density at radius 3 is 1.61 bits per heavy atom. The molecule has 0 amide bonds. The van der Waals surface area contributed by atoms with E-state index in [1.807, 2.05) is 0 Å². The molecular weight excluding hydrogens is 395 g/mol. The Kier molecular flexibility index (Phi) is 2.89. The fraction of sp³-hybridized carbons (Fsp3) is 0.0476. The molecule has 0 spiro atoms. The SMILES string of the molecule is IC1c2c(ccc3ccccc23)Oc2ccc3ccccc3c21. The molecule has 4 aromatic carbocycles. The molecule has 0 fully saturated rings. The first-order valence-corrected chi connectivity index (χ1v) is 8.93. The van der Waals surface area contributed by atoms with Gasteiger partial charge in [0.05, 0.1) is 3.92 Å². The van der Waals surface area contributed by atoms with Crippen molar-refractivity contribution in [2.75, 3.05) is 0 Å². The van der Waals surface area contributed by atoms with Gasteiger partial charge >= 0.3 is 0 Å². The smallest absolute Gasteiger partial charge is 0.132 e. The normalized spacial score (nSPS) is 13.6. The van der Waals surface area contributed by atoms with Crippen LogP contribution in [0.3, 0.4) is 0 Å². The number of ether oxygens (including phenoxy) is 1. The predicted molar refractivity (Wildman–Crippen MR) is 104 cm³/mol. The summed E-state index contributed by atoms with van der Waals surface area (Å²) in [4.78, 5) is 0. The summed E-state index contributed by atoms with van der Waals surface area (Å²) in [5.74, 6) is 1.96. The lowest BCUT2D eigenvalue weighted by Gasteiger charge is -2.27. The van der Waals surface area contributed by atoms with Crippen LogP contribution < -0.4 is 4.74 Å². The molecular formula is C21H13IO. The molecule has 0 aromatic heterocycles. The molecule has 1 nitrogen and oxygen atoms in total. The quantitative estimate of drug-likeness (QED) is 0.235. The molecule has 1 aliphatic heterocycles. The first-order valence-electron chi connectivity index (χ1n) is 7.68. The van der Waals surface area contributed by atoms with Crippen LogP contribution in [0.1, 0.15) is 15.1 Å². The van der Waals surface area contributed by atoms with Crippen LogP contribution in [0.2, 0.25) is 0 Å². The van der Waals surface area contributed by atoms with Gasteiger partial charge in [-0.15, -0.1) is 0 Å². The highest BCUT2D eigenvalue weighted by Gasteiger charge is 2.28. The summed E-state index contributed by atoms with van der Waals surface area (Å²) < 4.78 is 6.54. The number of rotatable bonds is 0. The minimum atomic E-state index is 0.281. The van der Waals surface area contributed by atoms with Gasteiger partial charge in [-0.3, -0.25) is 0 Å². The lowest BCUT2D eigenvalue weighted by atomic mass is 9.92. The number of hydrogen-bond donors (Lipinski definition) is 0. The predicted octanol–water partition coefficient (Wildman–Crippen LogP) is 6.62. The fourth-order valence-electron chi connectivity index (χ4n) is 3.51. The van der Waals surface area contributed by atoms with Crippen LogP contribution >= 0.6 is 22.6 Å². The van der Waals surface area contributed by atoms with Crippen molar-refractivity contribution >= 4 is 44.1 Å². The van der Waals surface area contributed by atoms with E-state index in [0.717, 1.165) is 11.5 Å². The highest BCUT2D eigenvalue weighted by Crippen LogP contribution is 2.52. The number of fused-ring (bicyclic) bond motifs is 6. The lowest BCUT2D eigenvalue weighted by Crippen LogP contribution is -2.06. The van der Waals surface area contributed by atoms with E-state index in [-0.39, 0.29) is 3.92 Å². The molecule has 23 heavy (non-hydrogen) atoms. The van der Waals surface area contributed by atoms with Crippen LogP contribution in [0.25, 0.3) is 21.5 Å². The van der Waals surface area contributed by atoms with Gasteiger partial charge in [-0.25, -0.2) is 0 Å². The van der Waals surface area contributed by atoms with Gasteiger partial charge in [0, 0.05) is 11.1 Å². The summed E-state index contributed by atoms with van der Waals surface area (Å²) >= 11 is 2.56. The van der Waals surface area contributed by atoms with Gasteiger partial charge in [0.25, 0.3) is 0 Å². The highest BCUT2D eigenvalue weighted by molar-refractivity contribution is 14.1. The van der Waals surface area contributed by atoms with Crippen molar-refractivity contribution in [3.8, 4) is 11.5 Å². The molecule has 0 bridgehead atoms. The van der Waals surface area contributed by atoms with Gasteiger partial charge in [0.1, 0.15) is 11.5 Å². The second kappa shape index (κ2) is 4.96. The van der Waals surface area contributed by atoms with Crippen molar-refractivity contribution in [3.63, 3.8) is 0 Å². The van der Waals surface area contributed by atoms with Gasteiger partial charge in [-0.05, 0) is 33.7 Å². The van der Waals surface area contributed by atoms with Crippen LogP contribution in [0.4, 0.5) is 0 Å². The highest BCUT2D eigenvalue weighted by atomic mass is 127. The number of halogens is 1. The summed E-state index contributed by atoms with van der Waals surface area (Å²) in [5.41, 5.74) is 2.57. The maximum absolute atomic E-state index is 6.26. The Bertz CT molecular complexity index is 983. The average Bonchev–Trinajstić information content (AvgIpc) is 2.61. The van der Waals surface area contributed by atoms with Gasteiger partial charge in [-0.2, -0.15) is 0 Å². The second-order valence-corrected chi connectivity index (χ2v) is 7.11. The average molecular weight is 408 g/mol. The molecule has 5 rings (SSSR count). The minimum absolute atomic E-state index is 0.281. The Balaban J connectivity index is 1.86. The van der Waals surface area contributed by atoms with E-state index in [4.69, 9.17) is 4.74 Å². The molecule has 1 aliphatic rings. The van der Waals surface area contributed by atoms with E-state index in [0.29, 0.717) is 0 Å². The van der Waals surface area contributed by atoms with Crippen molar-refractivity contribution in [2.45, 2.75) is 3.92 Å². The maximum Gasteiger partial charge on any atom is 0.132 e.